The van der Waals surface area contributed by atoms with Gasteiger partial charge < -0.3 is 10.2 Å². The van der Waals surface area contributed by atoms with E-state index >= 15 is 0 Å². The van der Waals surface area contributed by atoms with Crippen LogP contribution in [0.2, 0.25) is 4.34 Å². The summed E-state index contributed by atoms with van der Waals surface area (Å²) in [5.74, 6) is 0.709. The van der Waals surface area contributed by atoms with Crippen molar-refractivity contribution in [1.29, 1.82) is 0 Å². The molecule has 1 N–H and O–H groups in total. The second kappa shape index (κ2) is 6.90. The van der Waals surface area contributed by atoms with Crippen molar-refractivity contribution in [1.82, 2.24) is 10.2 Å². The third-order valence-corrected chi connectivity index (χ3v) is 4.98. The van der Waals surface area contributed by atoms with Crippen LogP contribution in [0, 0.1) is 5.92 Å². The smallest absolute Gasteiger partial charge is 0.0931 e. The van der Waals surface area contributed by atoms with Crippen LogP contribution in [0.15, 0.2) is 12.1 Å². The monoisotopic (exact) mass is 286 g/mol. The van der Waals surface area contributed by atoms with E-state index in [2.05, 4.69) is 30.1 Å². The molecule has 0 radical (unpaired) electrons. The van der Waals surface area contributed by atoms with Gasteiger partial charge in [0.05, 0.1) is 4.34 Å². The molecule has 1 fully saturated rings. The predicted octanol–water partition coefficient (Wildman–Crippen LogP) is 3.78. The number of hydrogen-bond donors (Lipinski definition) is 1. The molecular weight excluding hydrogens is 264 g/mol. The van der Waals surface area contributed by atoms with Gasteiger partial charge in [-0.2, -0.15) is 0 Å². The molecule has 1 aromatic rings. The lowest BCUT2D eigenvalue weighted by molar-refractivity contribution is 0.279. The molecule has 1 saturated heterocycles. The minimum Gasteiger partial charge on any atom is -0.309 e. The molecule has 1 aliphatic rings. The quantitative estimate of drug-likeness (QED) is 0.856. The first kappa shape index (κ1) is 14.3. The Hall–Kier alpha value is -0.0900. The molecular formula is C14H23ClN2S. The topological polar surface area (TPSA) is 15.3 Å². The Bertz CT molecular complexity index is 360. The maximum absolute atomic E-state index is 5.96. The predicted molar refractivity (Wildman–Crippen MR) is 80.6 cm³/mol. The Morgan fingerprint density at radius 1 is 1.33 bits per heavy atom. The highest BCUT2D eigenvalue weighted by molar-refractivity contribution is 7.16. The Balaban J connectivity index is 1.70. The molecule has 0 bridgehead atoms. The van der Waals surface area contributed by atoms with E-state index in [-0.39, 0.29) is 0 Å². The standard InChI is InChI=1S/C14H23ClN2S/c1-11(10-17-7-3-4-8-17)9-16-12(2)13-5-6-14(15)18-13/h5-6,11-12,16H,3-4,7-10H2,1-2H3. The zero-order valence-electron chi connectivity index (χ0n) is 11.3. The van der Waals surface area contributed by atoms with Gasteiger partial charge in [-0.05, 0) is 57.5 Å². The minimum absolute atomic E-state index is 0.406. The maximum atomic E-state index is 5.96. The summed E-state index contributed by atoms with van der Waals surface area (Å²) in [6.45, 7) is 9.43. The first-order valence-electron chi connectivity index (χ1n) is 6.86. The molecule has 1 aromatic heterocycles. The molecule has 2 atom stereocenters. The van der Waals surface area contributed by atoms with Gasteiger partial charge in [0.25, 0.3) is 0 Å². The number of thiophene rings is 1. The van der Waals surface area contributed by atoms with Crippen molar-refractivity contribution in [2.75, 3.05) is 26.2 Å². The Morgan fingerprint density at radius 2 is 2.06 bits per heavy atom. The Kier molecular flexibility index (Phi) is 5.49. The van der Waals surface area contributed by atoms with Crippen LogP contribution >= 0.6 is 22.9 Å². The fourth-order valence-electron chi connectivity index (χ4n) is 2.51. The number of likely N-dealkylation sites (tertiary alicyclic amines) is 1. The van der Waals surface area contributed by atoms with E-state index in [1.54, 1.807) is 11.3 Å². The van der Waals surface area contributed by atoms with Crippen molar-refractivity contribution in [3.05, 3.63) is 21.3 Å². The van der Waals surface area contributed by atoms with Crippen molar-refractivity contribution in [3.63, 3.8) is 0 Å². The van der Waals surface area contributed by atoms with Crippen molar-refractivity contribution in [3.8, 4) is 0 Å². The average Bonchev–Trinajstić information content (AvgIpc) is 2.97. The zero-order chi connectivity index (χ0) is 13.0. The highest BCUT2D eigenvalue weighted by atomic mass is 35.5. The van der Waals surface area contributed by atoms with Gasteiger partial charge in [-0.15, -0.1) is 11.3 Å². The van der Waals surface area contributed by atoms with Crippen molar-refractivity contribution in [2.45, 2.75) is 32.7 Å². The van der Waals surface area contributed by atoms with Gasteiger partial charge in [-0.25, -0.2) is 0 Å². The van der Waals surface area contributed by atoms with Crippen LogP contribution in [0.3, 0.4) is 0 Å². The molecule has 102 valence electrons. The number of halogens is 1. The maximum Gasteiger partial charge on any atom is 0.0931 e. The average molecular weight is 287 g/mol. The van der Waals surface area contributed by atoms with Crippen LogP contribution in [-0.2, 0) is 0 Å². The van der Waals surface area contributed by atoms with Gasteiger partial charge in [0.1, 0.15) is 0 Å². The van der Waals surface area contributed by atoms with Crippen molar-refractivity contribution < 1.29 is 0 Å². The van der Waals surface area contributed by atoms with Crippen LogP contribution in [0.1, 0.15) is 37.6 Å². The molecule has 18 heavy (non-hydrogen) atoms. The van der Waals surface area contributed by atoms with Gasteiger partial charge in [0.15, 0.2) is 0 Å². The first-order chi connectivity index (χ1) is 8.65. The van der Waals surface area contributed by atoms with Crippen LogP contribution in [0.4, 0.5) is 0 Å². The summed E-state index contributed by atoms with van der Waals surface area (Å²) in [5.41, 5.74) is 0. The van der Waals surface area contributed by atoms with E-state index in [4.69, 9.17) is 11.6 Å². The van der Waals surface area contributed by atoms with Crippen molar-refractivity contribution in [2.24, 2.45) is 5.92 Å². The minimum atomic E-state index is 0.406. The second-order valence-corrected chi connectivity index (χ2v) is 7.13. The normalized spacial score (nSPS) is 20.2. The molecule has 0 aliphatic carbocycles. The molecule has 2 unspecified atom stereocenters. The van der Waals surface area contributed by atoms with Crippen LogP contribution < -0.4 is 5.32 Å². The van der Waals surface area contributed by atoms with Gasteiger partial charge in [-0.1, -0.05) is 18.5 Å². The van der Waals surface area contributed by atoms with E-state index in [9.17, 15) is 0 Å². The van der Waals surface area contributed by atoms with E-state index in [1.807, 2.05) is 6.07 Å². The third-order valence-electron chi connectivity index (χ3n) is 3.56. The number of nitrogens with zero attached hydrogens (tertiary/aromatic N) is 1. The summed E-state index contributed by atoms with van der Waals surface area (Å²) >= 11 is 7.64. The molecule has 2 rings (SSSR count). The zero-order valence-corrected chi connectivity index (χ0v) is 12.9. The lowest BCUT2D eigenvalue weighted by Crippen LogP contribution is -2.32. The molecule has 0 spiro atoms. The molecule has 2 nitrogen and oxygen atoms in total. The summed E-state index contributed by atoms with van der Waals surface area (Å²) in [5, 5.41) is 3.61. The van der Waals surface area contributed by atoms with Gasteiger partial charge in [0, 0.05) is 17.5 Å². The van der Waals surface area contributed by atoms with E-state index in [0.717, 1.165) is 10.9 Å². The van der Waals surface area contributed by atoms with Crippen molar-refractivity contribution >= 4 is 22.9 Å². The molecule has 2 heterocycles. The van der Waals surface area contributed by atoms with Crippen LogP contribution in [0.25, 0.3) is 0 Å². The number of hydrogen-bond acceptors (Lipinski definition) is 3. The second-order valence-electron chi connectivity index (χ2n) is 5.38. The number of nitrogens with one attached hydrogen (secondary N) is 1. The van der Waals surface area contributed by atoms with Gasteiger partial charge >= 0.3 is 0 Å². The van der Waals surface area contributed by atoms with Gasteiger partial charge in [-0.3, -0.25) is 0 Å². The molecule has 1 aliphatic heterocycles. The molecule has 4 heteroatoms. The number of rotatable bonds is 6. The molecule has 0 amide bonds. The highest BCUT2D eigenvalue weighted by Crippen LogP contribution is 2.26. The van der Waals surface area contributed by atoms with Crippen LogP contribution in [-0.4, -0.2) is 31.1 Å². The molecule has 0 aromatic carbocycles. The van der Waals surface area contributed by atoms with E-state index in [0.29, 0.717) is 12.0 Å². The largest absolute Gasteiger partial charge is 0.309 e. The first-order valence-corrected chi connectivity index (χ1v) is 8.05. The summed E-state index contributed by atoms with van der Waals surface area (Å²) < 4.78 is 0.878. The van der Waals surface area contributed by atoms with Crippen LogP contribution in [0.5, 0.6) is 0 Å². The SMILES string of the molecule is CC(CNC(C)c1ccc(Cl)s1)CN1CCCC1. The van der Waals surface area contributed by atoms with E-state index in [1.165, 1.54) is 37.4 Å². The third kappa shape index (κ3) is 4.23. The summed E-state index contributed by atoms with van der Waals surface area (Å²) in [7, 11) is 0. The Morgan fingerprint density at radius 3 is 2.67 bits per heavy atom. The lowest BCUT2D eigenvalue weighted by Gasteiger charge is -2.22. The van der Waals surface area contributed by atoms with E-state index < -0.39 is 0 Å². The fourth-order valence-corrected chi connectivity index (χ4v) is 3.60. The fraction of sp³-hybridized carbons (Fsp3) is 0.714. The Labute approximate surface area is 119 Å². The van der Waals surface area contributed by atoms with Gasteiger partial charge in [0.2, 0.25) is 0 Å². The summed E-state index contributed by atoms with van der Waals surface area (Å²) in [6, 6.07) is 4.51. The highest BCUT2D eigenvalue weighted by Gasteiger charge is 2.15. The molecule has 0 saturated carbocycles. The summed E-state index contributed by atoms with van der Waals surface area (Å²) in [4.78, 5) is 3.91. The lowest BCUT2D eigenvalue weighted by atomic mass is 10.1. The summed E-state index contributed by atoms with van der Waals surface area (Å²) in [6.07, 6.45) is 2.76.